The molecule has 130 valence electrons. The molecule has 1 saturated heterocycles. The van der Waals surface area contributed by atoms with Crippen molar-refractivity contribution in [2.45, 2.75) is 19.0 Å². The van der Waals surface area contributed by atoms with Gasteiger partial charge in [0.25, 0.3) is 5.91 Å². The molecule has 0 aliphatic carbocycles. The van der Waals surface area contributed by atoms with E-state index in [1.54, 1.807) is 0 Å². The van der Waals surface area contributed by atoms with Crippen molar-refractivity contribution in [2.75, 3.05) is 19.7 Å². The first kappa shape index (κ1) is 16.5. The van der Waals surface area contributed by atoms with Gasteiger partial charge in [0.2, 0.25) is 0 Å². The molecule has 1 aromatic heterocycles. The van der Waals surface area contributed by atoms with Crippen molar-refractivity contribution >= 4 is 11.9 Å². The number of aliphatic carboxylic acids is 1. The number of hydrogen-bond acceptors (Lipinski definition) is 4. The van der Waals surface area contributed by atoms with E-state index in [1.165, 1.54) is 12.3 Å². The number of fused-ring (bicyclic) bond motifs is 1. The van der Waals surface area contributed by atoms with Gasteiger partial charge >= 0.3 is 12.1 Å². The molecule has 0 saturated carbocycles. The van der Waals surface area contributed by atoms with Gasteiger partial charge in [-0.1, -0.05) is 0 Å². The zero-order chi connectivity index (χ0) is 17.5. The van der Waals surface area contributed by atoms with Gasteiger partial charge in [0.1, 0.15) is 11.4 Å². The Labute approximate surface area is 135 Å². The molecule has 0 unspecified atom stereocenters. The quantitative estimate of drug-likeness (QED) is 0.884. The van der Waals surface area contributed by atoms with Crippen LogP contribution in [-0.2, 0) is 11.2 Å². The number of aryl methyl sites for hydroxylation is 1. The molecule has 6 nitrogen and oxygen atoms in total. The number of hydrogen-bond donors (Lipinski definition) is 1. The average molecular weight is 344 g/mol. The Morgan fingerprint density at radius 2 is 2.08 bits per heavy atom. The van der Waals surface area contributed by atoms with Crippen LogP contribution in [0.25, 0.3) is 0 Å². The zero-order valence-corrected chi connectivity index (χ0v) is 12.5. The monoisotopic (exact) mass is 344 g/mol. The summed E-state index contributed by atoms with van der Waals surface area (Å²) in [6.07, 6.45) is -1.81. The number of carbonyl (C=O) groups excluding carboxylic acids is 1. The number of rotatable bonds is 2. The van der Waals surface area contributed by atoms with Gasteiger partial charge in [-0.25, -0.2) is 4.98 Å². The standard InChI is InChI=1S/C15H15F3N2O4/c16-15(17,18)10-7-20(6-9(10)14(22)23)13(21)11-4-8-2-1-3-24-12(8)5-19-11/h4-5,9-10H,1-3,6-7H2,(H,22,23)/t9-,10-/m1/s1. The predicted molar refractivity (Wildman–Crippen MR) is 74.6 cm³/mol. The first-order chi connectivity index (χ1) is 11.3. The van der Waals surface area contributed by atoms with Crippen molar-refractivity contribution in [1.29, 1.82) is 0 Å². The third-order valence-corrected chi connectivity index (χ3v) is 4.36. The summed E-state index contributed by atoms with van der Waals surface area (Å²) in [6, 6.07) is 1.51. The Morgan fingerprint density at radius 3 is 2.71 bits per heavy atom. The van der Waals surface area contributed by atoms with E-state index in [4.69, 9.17) is 9.84 Å². The number of carboxylic acids is 1. The topological polar surface area (TPSA) is 79.7 Å². The van der Waals surface area contributed by atoms with E-state index in [-0.39, 0.29) is 5.69 Å². The zero-order valence-electron chi connectivity index (χ0n) is 12.5. The smallest absolute Gasteiger partial charge is 0.394 e. The molecule has 0 aromatic carbocycles. The largest absolute Gasteiger partial charge is 0.492 e. The van der Waals surface area contributed by atoms with E-state index in [1.807, 2.05) is 0 Å². The van der Waals surface area contributed by atoms with Crippen molar-refractivity contribution < 1.29 is 32.6 Å². The van der Waals surface area contributed by atoms with E-state index in [2.05, 4.69) is 4.98 Å². The summed E-state index contributed by atoms with van der Waals surface area (Å²) in [5.74, 6) is -5.41. The van der Waals surface area contributed by atoms with Gasteiger partial charge in [-0.05, 0) is 24.5 Å². The lowest BCUT2D eigenvalue weighted by Crippen LogP contribution is -2.34. The van der Waals surface area contributed by atoms with Gasteiger partial charge in [-0.3, -0.25) is 9.59 Å². The molecule has 2 aliphatic heterocycles. The molecule has 1 aromatic rings. The van der Waals surface area contributed by atoms with Gasteiger partial charge in [-0.2, -0.15) is 13.2 Å². The summed E-state index contributed by atoms with van der Waals surface area (Å²) >= 11 is 0. The lowest BCUT2D eigenvalue weighted by Gasteiger charge is -2.20. The van der Waals surface area contributed by atoms with Gasteiger partial charge in [-0.15, -0.1) is 0 Å². The van der Waals surface area contributed by atoms with Crippen molar-refractivity contribution in [2.24, 2.45) is 11.8 Å². The van der Waals surface area contributed by atoms with Crippen molar-refractivity contribution in [3.05, 3.63) is 23.5 Å². The molecule has 1 N–H and O–H groups in total. The number of carboxylic acid groups (broad SMARTS) is 1. The van der Waals surface area contributed by atoms with Crippen LogP contribution in [0.5, 0.6) is 5.75 Å². The summed E-state index contributed by atoms with van der Waals surface area (Å²) in [5, 5.41) is 9.01. The second kappa shape index (κ2) is 5.95. The molecule has 3 heterocycles. The second-order valence-corrected chi connectivity index (χ2v) is 5.93. The molecule has 2 atom stereocenters. The summed E-state index contributed by atoms with van der Waals surface area (Å²) in [4.78, 5) is 28.4. The van der Waals surface area contributed by atoms with Crippen LogP contribution in [0.4, 0.5) is 13.2 Å². The van der Waals surface area contributed by atoms with E-state index >= 15 is 0 Å². The van der Waals surface area contributed by atoms with Gasteiger partial charge in [0, 0.05) is 13.1 Å². The Balaban J connectivity index is 1.82. The number of halogens is 3. The Hall–Kier alpha value is -2.32. The molecule has 9 heteroatoms. The molecule has 1 fully saturated rings. The molecule has 1 amide bonds. The van der Waals surface area contributed by atoms with Crippen molar-refractivity contribution in [1.82, 2.24) is 9.88 Å². The molecule has 2 aliphatic rings. The highest BCUT2D eigenvalue weighted by molar-refractivity contribution is 5.93. The Kier molecular flexibility index (Phi) is 4.10. The van der Waals surface area contributed by atoms with Gasteiger partial charge in [0.05, 0.1) is 24.6 Å². The molecule has 24 heavy (non-hydrogen) atoms. The molecule has 0 spiro atoms. The number of amides is 1. The lowest BCUT2D eigenvalue weighted by molar-refractivity contribution is -0.187. The number of likely N-dealkylation sites (tertiary alicyclic amines) is 1. The van der Waals surface area contributed by atoms with Crippen LogP contribution in [0, 0.1) is 11.8 Å². The van der Waals surface area contributed by atoms with Crippen molar-refractivity contribution in [3.8, 4) is 5.75 Å². The van der Waals surface area contributed by atoms with Crippen molar-refractivity contribution in [3.63, 3.8) is 0 Å². The Bertz CT molecular complexity index is 677. The maximum atomic E-state index is 13.0. The van der Waals surface area contributed by atoms with E-state index in [9.17, 15) is 22.8 Å². The van der Waals surface area contributed by atoms with E-state index in [0.29, 0.717) is 18.8 Å². The normalized spacial score (nSPS) is 23.5. The van der Waals surface area contributed by atoms with Gasteiger partial charge < -0.3 is 14.7 Å². The average Bonchev–Trinajstić information content (AvgIpc) is 2.99. The van der Waals surface area contributed by atoms with Crippen LogP contribution in [-0.4, -0.2) is 52.7 Å². The summed E-state index contributed by atoms with van der Waals surface area (Å²) < 4.78 is 44.4. The molecule has 3 rings (SSSR count). The van der Waals surface area contributed by atoms with Gasteiger partial charge in [0.15, 0.2) is 0 Å². The molecule has 0 radical (unpaired) electrons. The second-order valence-electron chi connectivity index (χ2n) is 5.93. The SMILES string of the molecule is O=C(O)[C@@H]1CN(C(=O)c2cc3c(cn2)OCCC3)C[C@H]1C(F)(F)F. The fraction of sp³-hybridized carbons (Fsp3) is 0.533. The minimum Gasteiger partial charge on any atom is -0.492 e. The highest BCUT2D eigenvalue weighted by Crippen LogP contribution is 2.38. The maximum absolute atomic E-state index is 13.0. The molecular formula is C15H15F3N2O4. The third-order valence-electron chi connectivity index (χ3n) is 4.36. The van der Waals surface area contributed by atoms with Crippen LogP contribution in [0.2, 0.25) is 0 Å². The lowest BCUT2D eigenvalue weighted by atomic mass is 9.96. The first-order valence-electron chi connectivity index (χ1n) is 7.48. The fourth-order valence-corrected chi connectivity index (χ4v) is 3.09. The van der Waals surface area contributed by atoms with Crippen LogP contribution >= 0.6 is 0 Å². The minimum absolute atomic E-state index is 0.00575. The highest BCUT2D eigenvalue weighted by Gasteiger charge is 2.53. The Morgan fingerprint density at radius 1 is 1.33 bits per heavy atom. The first-order valence-corrected chi connectivity index (χ1v) is 7.48. The van der Waals surface area contributed by atoms with Crippen LogP contribution in [0.3, 0.4) is 0 Å². The third kappa shape index (κ3) is 3.02. The molecule has 0 bridgehead atoms. The number of alkyl halides is 3. The predicted octanol–water partition coefficient (Wildman–Crippen LogP) is 1.74. The maximum Gasteiger partial charge on any atom is 0.394 e. The van der Waals surface area contributed by atoms with E-state index < -0.39 is 43.0 Å². The highest BCUT2D eigenvalue weighted by atomic mass is 19.4. The van der Waals surface area contributed by atoms with Crippen LogP contribution in [0.1, 0.15) is 22.5 Å². The summed E-state index contributed by atoms with van der Waals surface area (Å²) in [7, 11) is 0. The number of aromatic nitrogens is 1. The fourth-order valence-electron chi connectivity index (χ4n) is 3.09. The number of ether oxygens (including phenoxy) is 1. The molecular weight excluding hydrogens is 329 g/mol. The van der Waals surface area contributed by atoms with Crippen LogP contribution < -0.4 is 4.74 Å². The summed E-state index contributed by atoms with van der Waals surface area (Å²) in [5.41, 5.74) is 0.784. The number of nitrogens with zero attached hydrogens (tertiary/aromatic N) is 2. The number of pyridine rings is 1. The summed E-state index contributed by atoms with van der Waals surface area (Å²) in [6.45, 7) is -0.593. The van der Waals surface area contributed by atoms with E-state index in [0.717, 1.165) is 16.9 Å². The number of carbonyl (C=O) groups is 2. The minimum atomic E-state index is -4.67. The van der Waals surface area contributed by atoms with Crippen LogP contribution in [0.15, 0.2) is 12.3 Å².